The first-order chi connectivity index (χ1) is 20.5. The number of methoxy groups -OCH3 is 1. The van der Waals surface area contributed by atoms with Crippen molar-refractivity contribution in [3.8, 4) is 21.0 Å². The summed E-state index contributed by atoms with van der Waals surface area (Å²) in [5.41, 5.74) is 2.76. The Balaban J connectivity index is 1.39. The lowest BCUT2D eigenvalue weighted by molar-refractivity contribution is -0.0162. The van der Waals surface area contributed by atoms with Crippen molar-refractivity contribution in [3.05, 3.63) is 132 Å². The molecule has 0 saturated heterocycles. The van der Waals surface area contributed by atoms with E-state index in [0.29, 0.717) is 18.0 Å². The Kier molecular flexibility index (Phi) is 9.76. The Bertz CT molecular complexity index is 1600. The molecule has 0 saturated carbocycles. The van der Waals surface area contributed by atoms with Crippen molar-refractivity contribution in [1.29, 1.82) is 0 Å². The normalized spacial score (nSPS) is 12.5. The number of rotatable bonds is 12. The van der Waals surface area contributed by atoms with Crippen LogP contribution in [0, 0.1) is 11.6 Å². The van der Waals surface area contributed by atoms with E-state index in [1.807, 2.05) is 48.5 Å². The molecule has 9 heteroatoms. The van der Waals surface area contributed by atoms with E-state index >= 15 is 4.39 Å². The van der Waals surface area contributed by atoms with E-state index in [0.717, 1.165) is 21.7 Å². The second-order valence-corrected chi connectivity index (χ2v) is 10.6. The molecular weight excluding hydrogens is 556 g/mol. The van der Waals surface area contributed by atoms with E-state index in [9.17, 15) is 9.18 Å². The van der Waals surface area contributed by atoms with Crippen molar-refractivity contribution in [2.24, 2.45) is 0 Å². The van der Waals surface area contributed by atoms with Gasteiger partial charge in [0.05, 0.1) is 35.3 Å². The van der Waals surface area contributed by atoms with Crippen LogP contribution in [-0.2, 0) is 22.5 Å². The highest BCUT2D eigenvalue weighted by molar-refractivity contribution is 7.18. The Morgan fingerprint density at radius 2 is 1.71 bits per heavy atom. The molecule has 0 aliphatic carbocycles. The van der Waals surface area contributed by atoms with Crippen LogP contribution < -0.4 is 5.32 Å². The van der Waals surface area contributed by atoms with E-state index < -0.39 is 23.9 Å². The summed E-state index contributed by atoms with van der Waals surface area (Å²) in [5, 5.41) is 3.39. The number of hydrogen-bond donors (Lipinski definition) is 1. The molecule has 5 aromatic rings. The fourth-order valence-corrected chi connectivity index (χ4v) is 5.53. The summed E-state index contributed by atoms with van der Waals surface area (Å²) in [6.45, 7) is 0.603. The second kappa shape index (κ2) is 14.0. The number of amides is 1. The summed E-state index contributed by atoms with van der Waals surface area (Å²) >= 11 is 1.22. The highest BCUT2D eigenvalue weighted by Crippen LogP contribution is 2.35. The van der Waals surface area contributed by atoms with Crippen LogP contribution in [0.25, 0.3) is 21.0 Å². The third-order valence-electron chi connectivity index (χ3n) is 6.72. The number of nitrogens with one attached hydrogen (secondary N) is 1. The van der Waals surface area contributed by atoms with E-state index in [-0.39, 0.29) is 23.6 Å². The van der Waals surface area contributed by atoms with Gasteiger partial charge >= 0.3 is 0 Å². The van der Waals surface area contributed by atoms with E-state index in [1.54, 1.807) is 37.7 Å². The van der Waals surface area contributed by atoms with Crippen LogP contribution in [0.4, 0.5) is 8.78 Å². The fourth-order valence-electron chi connectivity index (χ4n) is 4.55. The number of pyridine rings is 1. The van der Waals surface area contributed by atoms with Gasteiger partial charge < -0.3 is 14.8 Å². The molecule has 0 aliphatic heterocycles. The third kappa shape index (κ3) is 7.30. The molecule has 2 atom stereocenters. The van der Waals surface area contributed by atoms with Crippen LogP contribution in [0.15, 0.2) is 103 Å². The van der Waals surface area contributed by atoms with E-state index in [1.165, 1.54) is 35.6 Å². The van der Waals surface area contributed by atoms with Crippen LogP contribution in [0.5, 0.6) is 0 Å². The molecule has 5 rings (SSSR count). The fraction of sp³-hybridized carbons (Fsp3) is 0.182. The van der Waals surface area contributed by atoms with Gasteiger partial charge in [-0.1, -0.05) is 54.6 Å². The molecule has 1 N–H and O–H groups in total. The van der Waals surface area contributed by atoms with Crippen molar-refractivity contribution in [1.82, 2.24) is 15.3 Å². The van der Waals surface area contributed by atoms with Gasteiger partial charge in [-0.25, -0.2) is 13.8 Å². The first-order valence-corrected chi connectivity index (χ1v) is 14.2. The summed E-state index contributed by atoms with van der Waals surface area (Å²) < 4.78 is 40.4. The predicted molar refractivity (Wildman–Crippen MR) is 159 cm³/mol. The lowest BCUT2D eigenvalue weighted by atomic mass is 10.0. The number of halogens is 2. The molecule has 3 aromatic carbocycles. The average molecular weight is 586 g/mol. The molecule has 0 unspecified atom stereocenters. The molecule has 0 bridgehead atoms. The summed E-state index contributed by atoms with van der Waals surface area (Å²) in [4.78, 5) is 23.3. The maximum absolute atomic E-state index is 15.3. The summed E-state index contributed by atoms with van der Waals surface area (Å²) in [6.07, 6.45) is 3.14. The van der Waals surface area contributed by atoms with E-state index in [2.05, 4.69) is 15.3 Å². The van der Waals surface area contributed by atoms with Gasteiger partial charge in [-0.05, 0) is 47.5 Å². The number of aromatic nitrogens is 2. The second-order valence-electron chi connectivity index (χ2n) is 9.58. The standard InChI is InChI=1S/C33H29F2N3O3S/c1-40-29(21-41-20-22-8-3-2-4-9-22)28(18-25-10-5-6-17-36-25)38-32(39)26-11-7-12-27(35)31(26)33-37-19-30(42-33)23-13-15-24(34)16-14-23/h2-17,19,28-29H,18,20-21H2,1H3,(H,38,39)/t28-,29-/m1/s1. The molecule has 0 spiro atoms. The molecule has 2 heterocycles. The maximum atomic E-state index is 15.3. The van der Waals surface area contributed by atoms with Crippen molar-refractivity contribution in [3.63, 3.8) is 0 Å². The van der Waals surface area contributed by atoms with E-state index in [4.69, 9.17) is 9.47 Å². The smallest absolute Gasteiger partial charge is 0.252 e. The highest BCUT2D eigenvalue weighted by Gasteiger charge is 2.27. The predicted octanol–water partition coefficient (Wildman–Crippen LogP) is 6.72. The number of thiazole rings is 1. The summed E-state index contributed by atoms with van der Waals surface area (Å²) in [5.74, 6) is -1.40. The van der Waals surface area contributed by atoms with Gasteiger partial charge in [0.2, 0.25) is 0 Å². The molecule has 6 nitrogen and oxygen atoms in total. The third-order valence-corrected chi connectivity index (χ3v) is 7.79. The van der Waals surface area contributed by atoms with Gasteiger partial charge in [0.15, 0.2) is 0 Å². The Labute approximate surface area is 247 Å². The molecule has 0 fully saturated rings. The Morgan fingerprint density at radius 3 is 2.45 bits per heavy atom. The number of carbonyl (C=O) groups is 1. The van der Waals surface area contributed by atoms with Gasteiger partial charge in [-0.2, -0.15) is 0 Å². The number of ether oxygens (including phenoxy) is 2. The summed E-state index contributed by atoms with van der Waals surface area (Å²) in [6, 6.07) is 25.1. The Hall–Kier alpha value is -4.31. The molecule has 2 aromatic heterocycles. The van der Waals surface area contributed by atoms with Crippen molar-refractivity contribution in [2.45, 2.75) is 25.2 Å². The first-order valence-electron chi connectivity index (χ1n) is 13.4. The van der Waals surface area contributed by atoms with Gasteiger partial charge in [0.25, 0.3) is 5.91 Å². The molecule has 1 amide bonds. The largest absolute Gasteiger partial charge is 0.377 e. The molecule has 42 heavy (non-hydrogen) atoms. The zero-order valence-electron chi connectivity index (χ0n) is 22.9. The minimum atomic E-state index is -0.571. The number of benzene rings is 3. The molecule has 214 valence electrons. The van der Waals surface area contributed by atoms with Crippen LogP contribution in [0.1, 0.15) is 21.6 Å². The van der Waals surface area contributed by atoms with Crippen molar-refractivity contribution in [2.75, 3.05) is 13.7 Å². The minimum absolute atomic E-state index is 0.0965. The van der Waals surface area contributed by atoms with Gasteiger partial charge in [0, 0.05) is 31.6 Å². The maximum Gasteiger partial charge on any atom is 0.252 e. The van der Waals surface area contributed by atoms with Crippen LogP contribution in [-0.4, -0.2) is 41.7 Å². The van der Waals surface area contributed by atoms with Crippen molar-refractivity contribution < 1.29 is 23.0 Å². The van der Waals surface area contributed by atoms with Gasteiger partial charge in [0.1, 0.15) is 22.7 Å². The number of hydrogen-bond acceptors (Lipinski definition) is 6. The lowest BCUT2D eigenvalue weighted by Gasteiger charge is -2.27. The quantitative estimate of drug-likeness (QED) is 0.176. The minimum Gasteiger partial charge on any atom is -0.377 e. The Morgan fingerprint density at radius 1 is 0.929 bits per heavy atom. The first kappa shape index (κ1) is 29.2. The molecule has 0 aliphatic rings. The number of carbonyl (C=O) groups excluding carboxylic acids is 1. The zero-order chi connectivity index (χ0) is 29.3. The van der Waals surface area contributed by atoms with Crippen LogP contribution in [0.2, 0.25) is 0 Å². The SMILES string of the molecule is CO[C@H](COCc1ccccc1)[C@@H](Cc1ccccn1)NC(=O)c1cccc(F)c1-c1ncc(-c2ccc(F)cc2)s1. The van der Waals surface area contributed by atoms with Crippen molar-refractivity contribution >= 4 is 17.2 Å². The topological polar surface area (TPSA) is 73.3 Å². The lowest BCUT2D eigenvalue weighted by Crippen LogP contribution is -2.48. The zero-order valence-corrected chi connectivity index (χ0v) is 23.7. The van der Waals surface area contributed by atoms with Gasteiger partial charge in [-0.15, -0.1) is 11.3 Å². The monoisotopic (exact) mass is 585 g/mol. The number of nitrogens with zero attached hydrogens (tertiary/aromatic N) is 2. The van der Waals surface area contributed by atoms with Gasteiger partial charge in [-0.3, -0.25) is 9.78 Å². The molecule has 0 radical (unpaired) electrons. The average Bonchev–Trinajstić information content (AvgIpc) is 3.50. The highest BCUT2D eigenvalue weighted by atomic mass is 32.1. The molecular formula is C33H29F2N3O3S. The van der Waals surface area contributed by atoms with Crippen LogP contribution >= 0.6 is 11.3 Å². The summed E-state index contributed by atoms with van der Waals surface area (Å²) in [7, 11) is 1.56. The van der Waals surface area contributed by atoms with Crippen LogP contribution in [0.3, 0.4) is 0 Å².